The van der Waals surface area contributed by atoms with Crippen LogP contribution in [0.25, 0.3) is 0 Å². The molecule has 1 aromatic heterocycles. The van der Waals surface area contributed by atoms with E-state index in [4.69, 9.17) is 16.3 Å². The molecular weight excluding hydrogens is 308 g/mol. The Morgan fingerprint density at radius 2 is 2.24 bits per heavy atom. The third-order valence-electron chi connectivity index (χ3n) is 2.95. The molecule has 0 bridgehead atoms. The van der Waals surface area contributed by atoms with E-state index in [0.717, 1.165) is 11.1 Å². The monoisotopic (exact) mass is 324 g/mol. The number of nitrogens with zero attached hydrogens (tertiary/aromatic N) is 1. The fraction of sp³-hybridized carbons (Fsp3) is 0.333. The number of rotatable bonds is 5. The number of hydrogen-bond donors (Lipinski definition) is 1. The summed E-state index contributed by atoms with van der Waals surface area (Å²) in [6.45, 7) is 5.97. The van der Waals surface area contributed by atoms with Gasteiger partial charge in [0.05, 0.1) is 0 Å². The van der Waals surface area contributed by atoms with Crippen LogP contribution >= 0.6 is 22.9 Å². The van der Waals surface area contributed by atoms with Gasteiger partial charge in [-0.2, -0.15) is 0 Å². The average Bonchev–Trinajstić information content (AvgIpc) is 2.92. The summed E-state index contributed by atoms with van der Waals surface area (Å²) >= 11 is 7.52. The lowest BCUT2D eigenvalue weighted by atomic mass is 10.0. The van der Waals surface area contributed by atoms with Crippen molar-refractivity contribution in [1.29, 1.82) is 0 Å². The summed E-state index contributed by atoms with van der Waals surface area (Å²) in [7, 11) is 0. The molecule has 0 radical (unpaired) electrons. The number of hydrogen-bond acceptors (Lipinski definition) is 4. The molecule has 1 aromatic carbocycles. The van der Waals surface area contributed by atoms with Crippen LogP contribution in [0.1, 0.15) is 30.9 Å². The molecule has 0 atom stereocenters. The molecule has 1 N–H and O–H groups in total. The number of carbonyl (C=O) groups excluding carboxylic acids is 1. The second-order valence-corrected chi connectivity index (χ2v) is 6.27. The number of aromatic nitrogens is 1. The van der Waals surface area contributed by atoms with E-state index in [9.17, 15) is 4.79 Å². The maximum Gasteiger partial charge on any atom is 0.264 e. The summed E-state index contributed by atoms with van der Waals surface area (Å²) < 4.78 is 5.65. The number of thiazole rings is 1. The van der Waals surface area contributed by atoms with Crippen LogP contribution in [0.5, 0.6) is 5.75 Å². The van der Waals surface area contributed by atoms with Gasteiger partial charge in [0.1, 0.15) is 5.75 Å². The molecule has 0 fully saturated rings. The largest absolute Gasteiger partial charge is 0.483 e. The fourth-order valence-electron chi connectivity index (χ4n) is 1.83. The van der Waals surface area contributed by atoms with E-state index in [2.05, 4.69) is 24.1 Å². The van der Waals surface area contributed by atoms with E-state index < -0.39 is 0 Å². The van der Waals surface area contributed by atoms with Crippen molar-refractivity contribution >= 4 is 34.0 Å². The van der Waals surface area contributed by atoms with Gasteiger partial charge in [-0.25, -0.2) is 4.98 Å². The number of halogens is 1. The third kappa shape index (κ3) is 4.19. The van der Waals surface area contributed by atoms with Gasteiger partial charge in [0.15, 0.2) is 11.7 Å². The Kier molecular flexibility index (Phi) is 5.20. The molecule has 0 unspecified atom stereocenters. The number of carbonyl (C=O) groups is 1. The smallest absolute Gasteiger partial charge is 0.264 e. The molecule has 1 heterocycles. The molecule has 6 heteroatoms. The van der Waals surface area contributed by atoms with Gasteiger partial charge in [0.25, 0.3) is 5.91 Å². The second-order valence-electron chi connectivity index (χ2n) is 4.97. The van der Waals surface area contributed by atoms with Crippen LogP contribution in [0, 0.1) is 6.92 Å². The minimum absolute atomic E-state index is 0.0552. The van der Waals surface area contributed by atoms with Crippen LogP contribution in [0.2, 0.25) is 5.02 Å². The van der Waals surface area contributed by atoms with E-state index in [-0.39, 0.29) is 18.4 Å². The van der Waals surface area contributed by atoms with Crippen molar-refractivity contribution in [3.05, 3.63) is 39.9 Å². The lowest BCUT2D eigenvalue weighted by Gasteiger charge is -2.15. The van der Waals surface area contributed by atoms with Gasteiger partial charge >= 0.3 is 0 Å². The number of amides is 1. The van der Waals surface area contributed by atoms with E-state index >= 15 is 0 Å². The Bertz CT molecular complexity index is 627. The third-order valence-corrected chi connectivity index (χ3v) is 4.05. The molecule has 0 aliphatic heterocycles. The van der Waals surface area contributed by atoms with Gasteiger partial charge in [0.2, 0.25) is 0 Å². The predicted octanol–water partition coefficient (Wildman–Crippen LogP) is 4.25. The molecule has 0 spiro atoms. The zero-order valence-electron chi connectivity index (χ0n) is 12.1. The Balaban J connectivity index is 2.05. The Hall–Kier alpha value is -1.59. The van der Waals surface area contributed by atoms with Crippen molar-refractivity contribution in [2.45, 2.75) is 26.7 Å². The van der Waals surface area contributed by atoms with Crippen LogP contribution in [0.15, 0.2) is 23.7 Å². The number of aryl methyl sites for hydroxylation is 1. The van der Waals surface area contributed by atoms with Crippen molar-refractivity contribution < 1.29 is 9.53 Å². The molecule has 21 heavy (non-hydrogen) atoms. The minimum Gasteiger partial charge on any atom is -0.483 e. The van der Waals surface area contributed by atoms with E-state index in [1.807, 2.05) is 19.1 Å². The highest BCUT2D eigenvalue weighted by atomic mass is 35.5. The molecule has 0 aliphatic rings. The first-order chi connectivity index (χ1) is 9.97. The van der Waals surface area contributed by atoms with E-state index in [1.165, 1.54) is 11.3 Å². The summed E-state index contributed by atoms with van der Waals surface area (Å²) in [4.78, 5) is 15.8. The Labute approximate surface area is 133 Å². The van der Waals surface area contributed by atoms with Crippen molar-refractivity contribution in [2.75, 3.05) is 11.9 Å². The van der Waals surface area contributed by atoms with Gasteiger partial charge in [-0.1, -0.05) is 25.4 Å². The maximum atomic E-state index is 11.8. The quantitative estimate of drug-likeness (QED) is 0.894. The van der Waals surface area contributed by atoms with Crippen molar-refractivity contribution in [2.24, 2.45) is 0 Å². The highest BCUT2D eigenvalue weighted by molar-refractivity contribution is 7.13. The molecule has 0 saturated carbocycles. The summed E-state index contributed by atoms with van der Waals surface area (Å²) in [6.07, 6.45) is 1.64. The first-order valence-electron chi connectivity index (χ1n) is 6.59. The van der Waals surface area contributed by atoms with Crippen molar-refractivity contribution in [3.8, 4) is 5.75 Å². The zero-order chi connectivity index (χ0) is 15.4. The Morgan fingerprint density at radius 1 is 1.48 bits per heavy atom. The van der Waals surface area contributed by atoms with Gasteiger partial charge in [-0.15, -0.1) is 11.3 Å². The fourth-order valence-corrected chi connectivity index (χ4v) is 2.55. The summed E-state index contributed by atoms with van der Waals surface area (Å²) in [5, 5.41) is 5.76. The predicted molar refractivity (Wildman–Crippen MR) is 86.5 cm³/mol. The highest BCUT2D eigenvalue weighted by Gasteiger charge is 2.13. The molecule has 0 saturated heterocycles. The molecule has 0 aliphatic carbocycles. The molecule has 1 amide bonds. The first-order valence-corrected chi connectivity index (χ1v) is 7.85. The maximum absolute atomic E-state index is 11.8. The highest BCUT2D eigenvalue weighted by Crippen LogP contribution is 2.32. The van der Waals surface area contributed by atoms with Gasteiger partial charge in [-0.05, 0) is 36.1 Å². The van der Waals surface area contributed by atoms with Crippen LogP contribution < -0.4 is 10.1 Å². The first kappa shape index (κ1) is 15.8. The van der Waals surface area contributed by atoms with E-state index in [0.29, 0.717) is 15.9 Å². The van der Waals surface area contributed by atoms with Crippen LogP contribution in [-0.2, 0) is 4.79 Å². The number of benzene rings is 1. The number of anilines is 1. The zero-order valence-corrected chi connectivity index (χ0v) is 13.7. The van der Waals surface area contributed by atoms with Crippen LogP contribution in [0.4, 0.5) is 5.13 Å². The standard InChI is InChI=1S/C15H17ClN2O2S/c1-9(2)11-7-12(16)10(3)6-13(11)20-8-14(19)18-15-17-4-5-21-15/h4-7,9H,8H2,1-3H3,(H,17,18,19). The van der Waals surface area contributed by atoms with Crippen molar-refractivity contribution in [1.82, 2.24) is 4.98 Å². The minimum atomic E-state index is -0.229. The molecule has 112 valence electrons. The van der Waals surface area contributed by atoms with Crippen LogP contribution in [-0.4, -0.2) is 17.5 Å². The molecule has 2 rings (SSSR count). The molecule has 4 nitrogen and oxygen atoms in total. The van der Waals surface area contributed by atoms with Crippen LogP contribution in [0.3, 0.4) is 0 Å². The van der Waals surface area contributed by atoms with Gasteiger partial charge in [0, 0.05) is 16.6 Å². The van der Waals surface area contributed by atoms with E-state index in [1.54, 1.807) is 11.6 Å². The lowest BCUT2D eigenvalue weighted by Crippen LogP contribution is -2.20. The molecular formula is C15H17ClN2O2S. The average molecular weight is 325 g/mol. The van der Waals surface area contributed by atoms with Gasteiger partial charge in [-0.3, -0.25) is 10.1 Å². The Morgan fingerprint density at radius 3 is 2.86 bits per heavy atom. The number of ether oxygens (including phenoxy) is 1. The van der Waals surface area contributed by atoms with Gasteiger partial charge < -0.3 is 4.74 Å². The second kappa shape index (κ2) is 6.91. The summed E-state index contributed by atoms with van der Waals surface area (Å²) in [5.41, 5.74) is 1.92. The summed E-state index contributed by atoms with van der Waals surface area (Å²) in [5.74, 6) is 0.730. The topological polar surface area (TPSA) is 51.2 Å². The SMILES string of the molecule is Cc1cc(OCC(=O)Nc2nccs2)c(C(C)C)cc1Cl. The lowest BCUT2D eigenvalue weighted by molar-refractivity contribution is -0.118. The normalized spacial score (nSPS) is 10.7. The molecule has 2 aromatic rings. The van der Waals surface area contributed by atoms with Crippen molar-refractivity contribution in [3.63, 3.8) is 0 Å². The number of nitrogens with one attached hydrogen (secondary N) is 1. The summed E-state index contributed by atoms with van der Waals surface area (Å²) in [6, 6.07) is 3.77.